The van der Waals surface area contributed by atoms with E-state index in [4.69, 9.17) is 23.8 Å². The molecule has 0 saturated heterocycles. The van der Waals surface area contributed by atoms with Crippen LogP contribution in [0.4, 0.5) is 11.4 Å². The zero-order valence-electron chi connectivity index (χ0n) is 16.1. The van der Waals surface area contributed by atoms with Crippen LogP contribution in [0.3, 0.4) is 0 Å². The van der Waals surface area contributed by atoms with Crippen LogP contribution in [0, 0.1) is 0 Å². The fourth-order valence-electron chi connectivity index (χ4n) is 2.53. The SMILES string of the molecule is O=C(/C=C/c1ccccc1Cl)NC(=S)Nc1ccc(S(=O)(=O)Nc2ccccc2)cc1. The minimum atomic E-state index is -3.72. The van der Waals surface area contributed by atoms with Gasteiger partial charge in [0.15, 0.2) is 5.11 Å². The van der Waals surface area contributed by atoms with E-state index in [1.807, 2.05) is 6.07 Å². The number of anilines is 2. The molecule has 3 N–H and O–H groups in total. The average molecular weight is 472 g/mol. The fourth-order valence-corrected chi connectivity index (χ4v) is 4.01. The Morgan fingerprint density at radius 3 is 2.19 bits per heavy atom. The van der Waals surface area contributed by atoms with E-state index in [-0.39, 0.29) is 10.0 Å². The summed E-state index contributed by atoms with van der Waals surface area (Å²) in [7, 11) is -3.72. The van der Waals surface area contributed by atoms with Gasteiger partial charge < -0.3 is 5.32 Å². The van der Waals surface area contributed by atoms with Gasteiger partial charge in [0.2, 0.25) is 5.91 Å². The summed E-state index contributed by atoms with van der Waals surface area (Å²) in [5.41, 5.74) is 1.71. The van der Waals surface area contributed by atoms with Crippen molar-refractivity contribution in [1.29, 1.82) is 0 Å². The normalized spacial score (nSPS) is 11.1. The predicted octanol–water partition coefficient (Wildman–Crippen LogP) is 4.67. The smallest absolute Gasteiger partial charge is 0.261 e. The Morgan fingerprint density at radius 1 is 0.871 bits per heavy atom. The Kier molecular flexibility index (Phi) is 7.41. The van der Waals surface area contributed by atoms with Gasteiger partial charge in [-0.1, -0.05) is 48.0 Å². The number of sulfonamides is 1. The molecule has 0 fully saturated rings. The lowest BCUT2D eigenvalue weighted by atomic mass is 10.2. The van der Waals surface area contributed by atoms with Crippen molar-refractivity contribution in [3.05, 3.63) is 95.5 Å². The molecule has 9 heteroatoms. The summed E-state index contributed by atoms with van der Waals surface area (Å²) >= 11 is 11.2. The summed E-state index contributed by atoms with van der Waals surface area (Å²) in [6, 6.07) is 21.7. The molecule has 3 aromatic rings. The van der Waals surface area contributed by atoms with E-state index in [0.717, 1.165) is 0 Å². The number of thiocarbonyl (C=S) groups is 1. The number of nitrogens with one attached hydrogen (secondary N) is 3. The van der Waals surface area contributed by atoms with Gasteiger partial charge in [-0.2, -0.15) is 0 Å². The molecule has 0 radical (unpaired) electrons. The summed E-state index contributed by atoms with van der Waals surface area (Å²) < 4.78 is 27.4. The van der Waals surface area contributed by atoms with Gasteiger partial charge in [0.05, 0.1) is 4.90 Å². The van der Waals surface area contributed by atoms with E-state index >= 15 is 0 Å². The first kappa shape index (κ1) is 22.5. The number of carbonyl (C=O) groups is 1. The maximum Gasteiger partial charge on any atom is 0.261 e. The van der Waals surface area contributed by atoms with Crippen LogP contribution >= 0.6 is 23.8 Å². The molecule has 0 spiro atoms. The molecule has 1 amide bonds. The van der Waals surface area contributed by atoms with E-state index < -0.39 is 15.9 Å². The molecule has 0 bridgehead atoms. The van der Waals surface area contributed by atoms with Gasteiger partial charge in [-0.05, 0) is 66.3 Å². The number of hydrogen-bond acceptors (Lipinski definition) is 4. The molecule has 0 atom stereocenters. The topological polar surface area (TPSA) is 87.3 Å². The molecule has 6 nitrogen and oxygen atoms in total. The molecule has 3 aromatic carbocycles. The highest BCUT2D eigenvalue weighted by Crippen LogP contribution is 2.18. The molecule has 0 heterocycles. The maximum atomic E-state index is 12.5. The second-order valence-corrected chi connectivity index (χ2v) is 8.79. The zero-order valence-corrected chi connectivity index (χ0v) is 18.5. The Hall–Kier alpha value is -3.20. The van der Waals surface area contributed by atoms with E-state index in [0.29, 0.717) is 22.0 Å². The van der Waals surface area contributed by atoms with Gasteiger partial charge in [-0.15, -0.1) is 0 Å². The van der Waals surface area contributed by atoms with Gasteiger partial charge in [-0.3, -0.25) is 14.8 Å². The number of benzene rings is 3. The third-order valence-corrected chi connectivity index (χ3v) is 5.95. The van der Waals surface area contributed by atoms with E-state index in [1.165, 1.54) is 18.2 Å². The van der Waals surface area contributed by atoms with Gasteiger partial charge >= 0.3 is 0 Å². The fraction of sp³-hybridized carbons (Fsp3) is 0. The molecule has 0 aliphatic rings. The van der Waals surface area contributed by atoms with Crippen molar-refractivity contribution in [3.63, 3.8) is 0 Å². The molecule has 0 saturated carbocycles. The second kappa shape index (κ2) is 10.2. The highest BCUT2D eigenvalue weighted by atomic mass is 35.5. The monoisotopic (exact) mass is 471 g/mol. The van der Waals surface area contributed by atoms with E-state index in [2.05, 4.69) is 15.4 Å². The molecule has 0 aliphatic carbocycles. The number of hydrogen-bond donors (Lipinski definition) is 3. The van der Waals surface area contributed by atoms with Crippen LogP contribution in [-0.4, -0.2) is 19.4 Å². The molecule has 3 rings (SSSR count). The molecular weight excluding hydrogens is 454 g/mol. The van der Waals surface area contributed by atoms with Gasteiger partial charge in [-0.25, -0.2) is 8.42 Å². The predicted molar refractivity (Wildman–Crippen MR) is 129 cm³/mol. The lowest BCUT2D eigenvalue weighted by molar-refractivity contribution is -0.115. The molecule has 31 heavy (non-hydrogen) atoms. The van der Waals surface area contributed by atoms with Crippen molar-refractivity contribution in [2.45, 2.75) is 4.90 Å². The first-order valence-electron chi connectivity index (χ1n) is 9.06. The van der Waals surface area contributed by atoms with Gasteiger partial charge in [0, 0.05) is 22.5 Å². The number of carbonyl (C=O) groups excluding carboxylic acids is 1. The van der Waals surface area contributed by atoms with Crippen molar-refractivity contribution < 1.29 is 13.2 Å². The largest absolute Gasteiger partial charge is 0.332 e. The summed E-state index contributed by atoms with van der Waals surface area (Å²) in [6.45, 7) is 0. The summed E-state index contributed by atoms with van der Waals surface area (Å²) in [5.74, 6) is -0.427. The molecule has 0 aromatic heterocycles. The standard InChI is InChI=1S/C22H18ClN3O3S2/c23-20-9-5-4-6-16(20)10-15-21(27)25-22(30)24-17-11-13-19(14-12-17)31(28,29)26-18-7-2-1-3-8-18/h1-15,26H,(H2,24,25,27,30)/b15-10+. The quantitative estimate of drug-likeness (QED) is 0.359. The van der Waals surface area contributed by atoms with Crippen LogP contribution in [0.25, 0.3) is 6.08 Å². The lowest BCUT2D eigenvalue weighted by Crippen LogP contribution is -2.32. The van der Waals surface area contributed by atoms with Crippen LogP contribution in [-0.2, 0) is 14.8 Å². The molecular formula is C22H18ClN3O3S2. The first-order chi connectivity index (χ1) is 14.8. The summed E-state index contributed by atoms with van der Waals surface area (Å²) in [6.07, 6.45) is 2.90. The second-order valence-electron chi connectivity index (χ2n) is 6.29. The Bertz CT molecular complexity index is 1210. The van der Waals surface area contributed by atoms with Crippen LogP contribution in [0.15, 0.2) is 89.8 Å². The van der Waals surface area contributed by atoms with Crippen LogP contribution in [0.5, 0.6) is 0 Å². The highest BCUT2D eigenvalue weighted by molar-refractivity contribution is 7.92. The Morgan fingerprint density at radius 2 is 1.52 bits per heavy atom. The summed E-state index contributed by atoms with van der Waals surface area (Å²) in [4.78, 5) is 12.1. The summed E-state index contributed by atoms with van der Waals surface area (Å²) in [5, 5.41) is 5.96. The van der Waals surface area contributed by atoms with Gasteiger partial charge in [0.25, 0.3) is 10.0 Å². The number of para-hydroxylation sites is 1. The minimum absolute atomic E-state index is 0.0758. The molecule has 158 valence electrons. The first-order valence-corrected chi connectivity index (χ1v) is 11.3. The Labute approximate surface area is 191 Å². The van der Waals surface area contributed by atoms with Crippen LogP contribution < -0.4 is 15.4 Å². The van der Waals surface area contributed by atoms with E-state index in [9.17, 15) is 13.2 Å². The van der Waals surface area contributed by atoms with Gasteiger partial charge in [0.1, 0.15) is 0 Å². The van der Waals surface area contributed by atoms with Crippen molar-refractivity contribution in [2.24, 2.45) is 0 Å². The number of amides is 1. The lowest BCUT2D eigenvalue weighted by Gasteiger charge is -2.10. The number of halogens is 1. The molecule has 0 unspecified atom stereocenters. The van der Waals surface area contributed by atoms with Crippen molar-refractivity contribution >= 4 is 62.3 Å². The molecule has 0 aliphatic heterocycles. The maximum absolute atomic E-state index is 12.5. The minimum Gasteiger partial charge on any atom is -0.332 e. The van der Waals surface area contributed by atoms with Crippen LogP contribution in [0.2, 0.25) is 5.02 Å². The van der Waals surface area contributed by atoms with Crippen molar-refractivity contribution in [1.82, 2.24) is 5.32 Å². The zero-order chi connectivity index (χ0) is 22.3. The Balaban J connectivity index is 1.57. The van der Waals surface area contributed by atoms with Crippen LogP contribution in [0.1, 0.15) is 5.56 Å². The third-order valence-electron chi connectivity index (χ3n) is 4.00. The van der Waals surface area contributed by atoms with Crippen molar-refractivity contribution in [2.75, 3.05) is 10.0 Å². The highest BCUT2D eigenvalue weighted by Gasteiger charge is 2.14. The average Bonchev–Trinajstić information content (AvgIpc) is 2.74. The van der Waals surface area contributed by atoms with Crippen molar-refractivity contribution in [3.8, 4) is 0 Å². The van der Waals surface area contributed by atoms with E-state index in [1.54, 1.807) is 66.7 Å². The third kappa shape index (κ3) is 6.65. The number of rotatable bonds is 6.